The Balaban J connectivity index is 2.20. The number of nitrogens with one attached hydrogen (secondary N) is 1. The van der Waals surface area contributed by atoms with E-state index in [1.807, 2.05) is 25.1 Å². The van der Waals surface area contributed by atoms with Gasteiger partial charge in [0.2, 0.25) is 0 Å². The molecule has 2 unspecified atom stereocenters. The number of carbonyl (C=O) groups excluding carboxylic acids is 1. The standard InChI is InChI=1S/C14H18BrNO3/c1-3-19-14(17)11-8-16-7-10(11)9-4-5-13(18-2)12(15)6-9/h4-6,10-11,16H,3,7-8H2,1-2H3. The number of carbonyl (C=O) groups is 1. The van der Waals surface area contributed by atoms with Crippen molar-refractivity contribution in [3.05, 3.63) is 28.2 Å². The molecule has 1 N–H and O–H groups in total. The summed E-state index contributed by atoms with van der Waals surface area (Å²) < 4.78 is 11.3. The van der Waals surface area contributed by atoms with Crippen LogP contribution in [0.1, 0.15) is 18.4 Å². The zero-order valence-electron chi connectivity index (χ0n) is 11.1. The minimum Gasteiger partial charge on any atom is -0.496 e. The summed E-state index contributed by atoms with van der Waals surface area (Å²) in [6.45, 7) is 3.73. The first-order valence-electron chi connectivity index (χ1n) is 6.38. The number of ether oxygens (including phenoxy) is 2. The van der Waals surface area contributed by atoms with Crippen molar-refractivity contribution >= 4 is 21.9 Å². The number of hydrogen-bond donors (Lipinski definition) is 1. The Labute approximate surface area is 121 Å². The van der Waals surface area contributed by atoms with Crippen molar-refractivity contribution in [3.8, 4) is 5.75 Å². The Morgan fingerprint density at radius 3 is 2.89 bits per heavy atom. The fourth-order valence-electron chi connectivity index (χ4n) is 2.44. The van der Waals surface area contributed by atoms with Gasteiger partial charge in [0.15, 0.2) is 0 Å². The summed E-state index contributed by atoms with van der Waals surface area (Å²) in [5.41, 5.74) is 1.12. The Morgan fingerprint density at radius 1 is 1.47 bits per heavy atom. The summed E-state index contributed by atoms with van der Waals surface area (Å²) in [4.78, 5) is 11.9. The zero-order valence-corrected chi connectivity index (χ0v) is 12.7. The second-order valence-electron chi connectivity index (χ2n) is 4.52. The van der Waals surface area contributed by atoms with Gasteiger partial charge in [-0.05, 0) is 40.5 Å². The molecule has 4 nitrogen and oxygen atoms in total. The minimum atomic E-state index is -0.121. The van der Waals surface area contributed by atoms with Crippen molar-refractivity contribution < 1.29 is 14.3 Å². The van der Waals surface area contributed by atoms with Crippen LogP contribution in [0.3, 0.4) is 0 Å². The Kier molecular flexibility index (Phi) is 4.82. The van der Waals surface area contributed by atoms with Crippen molar-refractivity contribution in [1.82, 2.24) is 5.32 Å². The van der Waals surface area contributed by atoms with Crippen LogP contribution in [-0.2, 0) is 9.53 Å². The Bertz CT molecular complexity index is 464. The number of benzene rings is 1. The first-order valence-corrected chi connectivity index (χ1v) is 7.17. The lowest BCUT2D eigenvalue weighted by Crippen LogP contribution is -2.24. The van der Waals surface area contributed by atoms with Gasteiger partial charge in [0.05, 0.1) is 24.1 Å². The fourth-order valence-corrected chi connectivity index (χ4v) is 3.00. The summed E-state index contributed by atoms with van der Waals surface area (Å²) in [7, 11) is 1.64. The van der Waals surface area contributed by atoms with Gasteiger partial charge in [-0.1, -0.05) is 6.07 Å². The van der Waals surface area contributed by atoms with Crippen molar-refractivity contribution in [2.75, 3.05) is 26.8 Å². The molecule has 0 saturated carbocycles. The van der Waals surface area contributed by atoms with E-state index in [0.717, 1.165) is 22.3 Å². The van der Waals surface area contributed by atoms with E-state index >= 15 is 0 Å². The summed E-state index contributed by atoms with van der Waals surface area (Å²) in [5, 5.41) is 3.26. The average molecular weight is 328 g/mol. The van der Waals surface area contributed by atoms with Gasteiger partial charge in [0, 0.05) is 19.0 Å². The first kappa shape index (κ1) is 14.3. The molecule has 1 saturated heterocycles. The molecule has 0 aromatic heterocycles. The quantitative estimate of drug-likeness (QED) is 0.862. The van der Waals surface area contributed by atoms with Gasteiger partial charge in [-0.15, -0.1) is 0 Å². The third-order valence-electron chi connectivity index (χ3n) is 3.41. The molecule has 1 aromatic carbocycles. The van der Waals surface area contributed by atoms with Crippen molar-refractivity contribution in [2.45, 2.75) is 12.8 Å². The summed E-state index contributed by atoms with van der Waals surface area (Å²) in [6.07, 6.45) is 0. The van der Waals surface area contributed by atoms with Crippen LogP contribution in [0, 0.1) is 5.92 Å². The SMILES string of the molecule is CCOC(=O)C1CNCC1c1ccc(OC)c(Br)c1. The molecule has 1 aromatic rings. The molecule has 1 aliphatic heterocycles. The fraction of sp³-hybridized carbons (Fsp3) is 0.500. The van der Waals surface area contributed by atoms with Crippen LogP contribution < -0.4 is 10.1 Å². The average Bonchev–Trinajstić information content (AvgIpc) is 2.88. The number of halogens is 1. The van der Waals surface area contributed by atoms with Gasteiger partial charge in [-0.3, -0.25) is 4.79 Å². The van der Waals surface area contributed by atoms with Crippen LogP contribution >= 0.6 is 15.9 Å². The molecule has 5 heteroatoms. The van der Waals surface area contributed by atoms with Gasteiger partial charge < -0.3 is 14.8 Å². The lowest BCUT2D eigenvalue weighted by Gasteiger charge is -2.18. The van der Waals surface area contributed by atoms with Crippen LogP contribution in [0.4, 0.5) is 0 Å². The van der Waals surface area contributed by atoms with E-state index in [9.17, 15) is 4.79 Å². The van der Waals surface area contributed by atoms with Crippen LogP contribution in [0.5, 0.6) is 5.75 Å². The molecule has 19 heavy (non-hydrogen) atoms. The second kappa shape index (κ2) is 6.39. The normalized spacial score (nSPS) is 22.3. The van der Waals surface area contributed by atoms with E-state index in [2.05, 4.69) is 21.2 Å². The lowest BCUT2D eigenvalue weighted by molar-refractivity contribution is -0.147. The van der Waals surface area contributed by atoms with Gasteiger partial charge in [-0.25, -0.2) is 0 Å². The molecule has 1 aliphatic rings. The molecule has 0 spiro atoms. The molecular formula is C14H18BrNO3. The number of rotatable bonds is 4. The van der Waals surface area contributed by atoms with E-state index in [0.29, 0.717) is 13.2 Å². The number of methoxy groups -OCH3 is 1. The predicted octanol–water partition coefficient (Wildman–Crippen LogP) is 2.32. The predicted molar refractivity (Wildman–Crippen MR) is 76.4 cm³/mol. The van der Waals surface area contributed by atoms with E-state index in [1.165, 1.54) is 0 Å². The molecule has 0 amide bonds. The molecule has 0 radical (unpaired) electrons. The maximum absolute atomic E-state index is 11.9. The monoisotopic (exact) mass is 327 g/mol. The minimum absolute atomic E-state index is 0.111. The topological polar surface area (TPSA) is 47.6 Å². The van der Waals surface area contributed by atoms with Crippen LogP contribution in [-0.4, -0.2) is 32.8 Å². The highest BCUT2D eigenvalue weighted by Crippen LogP contribution is 2.34. The maximum Gasteiger partial charge on any atom is 0.310 e. The molecule has 0 bridgehead atoms. The van der Waals surface area contributed by atoms with E-state index in [-0.39, 0.29) is 17.8 Å². The Morgan fingerprint density at radius 2 is 2.26 bits per heavy atom. The number of hydrogen-bond acceptors (Lipinski definition) is 4. The lowest BCUT2D eigenvalue weighted by atomic mass is 9.89. The molecule has 1 heterocycles. The van der Waals surface area contributed by atoms with E-state index in [1.54, 1.807) is 7.11 Å². The van der Waals surface area contributed by atoms with Crippen molar-refractivity contribution in [2.24, 2.45) is 5.92 Å². The summed E-state index contributed by atoms with van der Waals surface area (Å²) >= 11 is 3.48. The third-order valence-corrected chi connectivity index (χ3v) is 4.03. The highest BCUT2D eigenvalue weighted by molar-refractivity contribution is 9.10. The third kappa shape index (κ3) is 3.09. The smallest absolute Gasteiger partial charge is 0.310 e. The maximum atomic E-state index is 11.9. The van der Waals surface area contributed by atoms with Crippen LogP contribution in [0.25, 0.3) is 0 Å². The second-order valence-corrected chi connectivity index (χ2v) is 5.37. The van der Waals surface area contributed by atoms with Crippen molar-refractivity contribution in [3.63, 3.8) is 0 Å². The largest absolute Gasteiger partial charge is 0.496 e. The van der Waals surface area contributed by atoms with E-state index < -0.39 is 0 Å². The zero-order chi connectivity index (χ0) is 13.8. The van der Waals surface area contributed by atoms with Crippen LogP contribution in [0.15, 0.2) is 22.7 Å². The van der Waals surface area contributed by atoms with Gasteiger partial charge in [-0.2, -0.15) is 0 Å². The highest BCUT2D eigenvalue weighted by Gasteiger charge is 2.35. The highest BCUT2D eigenvalue weighted by atomic mass is 79.9. The van der Waals surface area contributed by atoms with Gasteiger partial charge in [0.1, 0.15) is 5.75 Å². The summed E-state index contributed by atoms with van der Waals surface area (Å²) in [5.74, 6) is 0.716. The van der Waals surface area contributed by atoms with E-state index in [4.69, 9.17) is 9.47 Å². The van der Waals surface area contributed by atoms with Gasteiger partial charge in [0.25, 0.3) is 0 Å². The molecular weight excluding hydrogens is 310 g/mol. The molecule has 0 aliphatic carbocycles. The van der Waals surface area contributed by atoms with Gasteiger partial charge >= 0.3 is 5.97 Å². The molecule has 104 valence electrons. The number of esters is 1. The molecule has 1 fully saturated rings. The Hall–Kier alpha value is -1.07. The molecule has 2 atom stereocenters. The molecule has 2 rings (SSSR count). The van der Waals surface area contributed by atoms with Crippen molar-refractivity contribution in [1.29, 1.82) is 0 Å². The van der Waals surface area contributed by atoms with Crippen LogP contribution in [0.2, 0.25) is 0 Å². The summed E-state index contributed by atoms with van der Waals surface area (Å²) in [6, 6.07) is 5.94. The first-order chi connectivity index (χ1) is 9.17.